The van der Waals surface area contributed by atoms with Crippen molar-refractivity contribution in [3.05, 3.63) is 0 Å². The Morgan fingerprint density at radius 3 is 2.00 bits per heavy atom. The van der Waals surface area contributed by atoms with Gasteiger partial charge in [-0.05, 0) is 25.8 Å². The molecule has 0 radical (unpaired) electrons. The molecule has 0 saturated heterocycles. The second-order valence-electron chi connectivity index (χ2n) is 5.38. The predicted molar refractivity (Wildman–Crippen MR) is 88.7 cm³/mol. The number of amides is 3. The minimum atomic E-state index is -1.62. The fraction of sp³-hybridized carbons (Fsp3) is 0.643. The van der Waals surface area contributed by atoms with Crippen LogP contribution in [-0.2, 0) is 24.0 Å². The van der Waals surface area contributed by atoms with Crippen molar-refractivity contribution in [1.29, 1.82) is 0 Å². The molecule has 2 unspecified atom stereocenters. The van der Waals surface area contributed by atoms with Gasteiger partial charge in [-0.2, -0.15) is 0 Å². The minimum absolute atomic E-state index is 0.285. The van der Waals surface area contributed by atoms with Crippen molar-refractivity contribution in [3.8, 4) is 0 Å². The number of unbranched alkanes of at least 4 members (excludes halogenated alkanes) is 1. The van der Waals surface area contributed by atoms with Crippen LogP contribution < -0.4 is 27.4 Å². The molecular weight excluding hydrogens is 350 g/mol. The molecule has 0 rings (SSSR count). The highest BCUT2D eigenvalue weighted by atomic mass is 16.4. The summed E-state index contributed by atoms with van der Waals surface area (Å²) < 4.78 is 0. The fourth-order valence-electron chi connectivity index (χ4n) is 1.93. The van der Waals surface area contributed by atoms with Gasteiger partial charge in [-0.25, -0.2) is 4.79 Å². The first-order valence-electron chi connectivity index (χ1n) is 7.92. The van der Waals surface area contributed by atoms with Crippen LogP contribution in [0.3, 0.4) is 0 Å². The zero-order chi connectivity index (χ0) is 20.1. The highest BCUT2D eigenvalue weighted by Gasteiger charge is 2.24. The van der Waals surface area contributed by atoms with Crippen LogP contribution >= 0.6 is 0 Å². The number of hydrogen-bond acceptors (Lipinski definition) is 7. The Morgan fingerprint density at radius 2 is 1.50 bits per heavy atom. The predicted octanol–water partition coefficient (Wildman–Crippen LogP) is -3.28. The zero-order valence-electron chi connectivity index (χ0n) is 14.2. The van der Waals surface area contributed by atoms with E-state index in [4.69, 9.17) is 21.7 Å². The quantitative estimate of drug-likeness (QED) is 0.160. The summed E-state index contributed by atoms with van der Waals surface area (Å²) in [5, 5.41) is 24.1. The molecule has 0 spiro atoms. The van der Waals surface area contributed by atoms with E-state index in [1.165, 1.54) is 0 Å². The molecule has 0 aromatic carbocycles. The van der Waals surface area contributed by atoms with Gasteiger partial charge < -0.3 is 37.6 Å². The normalized spacial score (nSPS) is 12.5. The number of carboxylic acid groups (broad SMARTS) is 2. The molecule has 0 bridgehead atoms. The van der Waals surface area contributed by atoms with E-state index in [-0.39, 0.29) is 13.0 Å². The molecule has 12 heteroatoms. The van der Waals surface area contributed by atoms with Gasteiger partial charge in [-0.1, -0.05) is 0 Å². The molecule has 0 aromatic rings. The lowest BCUT2D eigenvalue weighted by Gasteiger charge is -2.18. The molecule has 26 heavy (non-hydrogen) atoms. The van der Waals surface area contributed by atoms with E-state index in [1.807, 2.05) is 5.32 Å². The number of carbonyl (C=O) groups excluding carboxylic acids is 3. The summed E-state index contributed by atoms with van der Waals surface area (Å²) in [6.45, 7) is -0.466. The monoisotopic (exact) mass is 375 g/mol. The highest BCUT2D eigenvalue weighted by Crippen LogP contribution is 2.01. The molecule has 0 saturated carbocycles. The molecule has 2 atom stereocenters. The van der Waals surface area contributed by atoms with E-state index in [2.05, 4.69) is 10.6 Å². The summed E-state index contributed by atoms with van der Waals surface area (Å²) in [6, 6.07) is -2.53. The second kappa shape index (κ2) is 12.6. The van der Waals surface area contributed by atoms with Crippen LogP contribution in [0.25, 0.3) is 0 Å². The Hall–Kier alpha value is -2.73. The lowest BCUT2D eigenvalue weighted by Crippen LogP contribution is -2.51. The first-order chi connectivity index (χ1) is 12.2. The first-order valence-corrected chi connectivity index (χ1v) is 7.92. The van der Waals surface area contributed by atoms with Crippen molar-refractivity contribution in [2.75, 3.05) is 19.6 Å². The van der Waals surface area contributed by atoms with Crippen molar-refractivity contribution in [2.24, 2.45) is 11.5 Å². The van der Waals surface area contributed by atoms with Gasteiger partial charge in [0.15, 0.2) is 0 Å². The second-order valence-corrected chi connectivity index (χ2v) is 5.38. The van der Waals surface area contributed by atoms with Gasteiger partial charge >= 0.3 is 11.9 Å². The van der Waals surface area contributed by atoms with Crippen molar-refractivity contribution in [3.63, 3.8) is 0 Å². The van der Waals surface area contributed by atoms with E-state index in [1.54, 1.807) is 0 Å². The number of carbonyl (C=O) groups is 5. The van der Waals surface area contributed by atoms with Crippen LogP contribution in [0.15, 0.2) is 0 Å². The van der Waals surface area contributed by atoms with Crippen molar-refractivity contribution >= 4 is 29.7 Å². The molecule has 0 aliphatic heterocycles. The van der Waals surface area contributed by atoms with Crippen molar-refractivity contribution in [1.82, 2.24) is 16.0 Å². The van der Waals surface area contributed by atoms with Gasteiger partial charge in [0, 0.05) is 0 Å². The third kappa shape index (κ3) is 10.2. The van der Waals surface area contributed by atoms with Crippen molar-refractivity contribution < 1.29 is 34.2 Å². The molecule has 0 fully saturated rings. The maximum atomic E-state index is 12.1. The summed E-state index contributed by atoms with van der Waals surface area (Å²) in [4.78, 5) is 56.6. The SMILES string of the molecule is NCCCCC(NC(=O)CN)C(=O)NCC(=O)NC(CC(=O)O)C(=O)O. The minimum Gasteiger partial charge on any atom is -0.481 e. The fourth-order valence-corrected chi connectivity index (χ4v) is 1.93. The lowest BCUT2D eigenvalue weighted by atomic mass is 10.1. The average Bonchev–Trinajstić information content (AvgIpc) is 2.57. The first kappa shape index (κ1) is 23.3. The van der Waals surface area contributed by atoms with Crippen LogP contribution in [0.4, 0.5) is 0 Å². The molecule has 9 N–H and O–H groups in total. The van der Waals surface area contributed by atoms with E-state index < -0.39 is 54.7 Å². The van der Waals surface area contributed by atoms with E-state index >= 15 is 0 Å². The van der Waals surface area contributed by atoms with E-state index in [0.29, 0.717) is 19.4 Å². The molecule has 0 aromatic heterocycles. The summed E-state index contributed by atoms with van der Waals surface area (Å²) in [6.07, 6.45) is 0.681. The number of carboxylic acids is 2. The van der Waals surface area contributed by atoms with Crippen molar-refractivity contribution in [2.45, 2.75) is 37.8 Å². The van der Waals surface area contributed by atoms with Crippen LogP contribution in [0.2, 0.25) is 0 Å². The van der Waals surface area contributed by atoms with E-state index in [0.717, 1.165) is 0 Å². The summed E-state index contributed by atoms with van der Waals surface area (Å²) >= 11 is 0. The van der Waals surface area contributed by atoms with Crippen LogP contribution in [0, 0.1) is 0 Å². The number of hydrogen-bond donors (Lipinski definition) is 7. The maximum Gasteiger partial charge on any atom is 0.326 e. The Kier molecular flexibility index (Phi) is 11.3. The van der Waals surface area contributed by atoms with Crippen LogP contribution in [0.5, 0.6) is 0 Å². The van der Waals surface area contributed by atoms with Crippen LogP contribution in [0.1, 0.15) is 25.7 Å². The molecule has 0 aliphatic carbocycles. The Morgan fingerprint density at radius 1 is 0.885 bits per heavy atom. The number of rotatable bonds is 13. The van der Waals surface area contributed by atoms with Gasteiger partial charge in [-0.3, -0.25) is 19.2 Å². The summed E-state index contributed by atoms with van der Waals surface area (Å²) in [5.41, 5.74) is 10.6. The van der Waals surface area contributed by atoms with Gasteiger partial charge in [0.2, 0.25) is 17.7 Å². The molecule has 148 valence electrons. The Balaban J connectivity index is 4.61. The van der Waals surface area contributed by atoms with Gasteiger partial charge in [0.1, 0.15) is 12.1 Å². The lowest BCUT2D eigenvalue weighted by molar-refractivity contribution is -0.147. The highest BCUT2D eigenvalue weighted by molar-refractivity contribution is 5.92. The number of nitrogens with one attached hydrogen (secondary N) is 3. The standard InChI is InChI=1S/C14H25N5O7/c15-4-2-1-3-8(18-10(20)6-16)13(24)17-7-11(21)19-9(14(25)26)5-12(22)23/h8-9H,1-7,15-16H2,(H,17,24)(H,18,20)(H,19,21)(H,22,23)(H,25,26). The number of aliphatic carboxylic acids is 2. The van der Waals surface area contributed by atoms with Gasteiger partial charge in [0.25, 0.3) is 0 Å². The van der Waals surface area contributed by atoms with Gasteiger partial charge in [0.05, 0.1) is 19.5 Å². The molecule has 0 aliphatic rings. The largest absolute Gasteiger partial charge is 0.481 e. The smallest absolute Gasteiger partial charge is 0.326 e. The Labute approximate surface area is 149 Å². The number of nitrogens with two attached hydrogens (primary N) is 2. The topological polar surface area (TPSA) is 214 Å². The molecule has 3 amide bonds. The summed E-state index contributed by atoms with van der Waals surface area (Å²) in [5.74, 6) is -4.98. The summed E-state index contributed by atoms with van der Waals surface area (Å²) in [7, 11) is 0. The third-order valence-corrected chi connectivity index (χ3v) is 3.22. The average molecular weight is 375 g/mol. The molecule has 0 heterocycles. The third-order valence-electron chi connectivity index (χ3n) is 3.22. The van der Waals surface area contributed by atoms with Gasteiger partial charge in [-0.15, -0.1) is 0 Å². The zero-order valence-corrected chi connectivity index (χ0v) is 14.2. The maximum absolute atomic E-state index is 12.1. The van der Waals surface area contributed by atoms with E-state index in [9.17, 15) is 24.0 Å². The molecular formula is C14H25N5O7. The Bertz CT molecular complexity index is 526. The van der Waals surface area contributed by atoms with Crippen LogP contribution in [-0.4, -0.2) is 71.6 Å². The molecule has 12 nitrogen and oxygen atoms in total.